The minimum absolute atomic E-state index is 0.148. The van der Waals surface area contributed by atoms with Crippen LogP contribution >= 0.6 is 11.3 Å². The fourth-order valence-electron chi connectivity index (χ4n) is 3.27. The molecular weight excluding hydrogens is 400 g/mol. The first-order valence-electron chi connectivity index (χ1n) is 9.63. The number of fused-ring (bicyclic) bond motifs is 1. The SMILES string of the molecule is C=Cc1ccc(Cn2c(C)c(C(=O)NCc3ccc4c(c3)OCCO4)sc2=O)cc1. The highest BCUT2D eigenvalue weighted by Gasteiger charge is 2.18. The highest BCUT2D eigenvalue weighted by atomic mass is 32.1. The molecule has 2 heterocycles. The molecule has 7 heteroatoms. The normalized spacial score (nSPS) is 12.4. The van der Waals surface area contributed by atoms with Gasteiger partial charge in [-0.1, -0.05) is 54.3 Å². The molecule has 0 fully saturated rings. The van der Waals surface area contributed by atoms with Gasteiger partial charge < -0.3 is 14.8 Å². The maximum atomic E-state index is 12.7. The van der Waals surface area contributed by atoms with Crippen molar-refractivity contribution in [3.63, 3.8) is 0 Å². The number of hydrogen-bond acceptors (Lipinski definition) is 5. The van der Waals surface area contributed by atoms with Crippen LogP contribution < -0.4 is 19.7 Å². The van der Waals surface area contributed by atoms with Crippen molar-refractivity contribution in [2.45, 2.75) is 20.0 Å². The van der Waals surface area contributed by atoms with Gasteiger partial charge >= 0.3 is 4.87 Å². The second-order valence-corrected chi connectivity index (χ2v) is 7.94. The third kappa shape index (κ3) is 4.16. The van der Waals surface area contributed by atoms with Gasteiger partial charge in [0.15, 0.2) is 11.5 Å². The molecule has 4 rings (SSSR count). The summed E-state index contributed by atoms with van der Waals surface area (Å²) >= 11 is 0.968. The van der Waals surface area contributed by atoms with Crippen LogP contribution in [0.25, 0.3) is 6.08 Å². The molecule has 3 aromatic rings. The van der Waals surface area contributed by atoms with E-state index < -0.39 is 0 Å². The maximum absolute atomic E-state index is 12.7. The first-order valence-corrected chi connectivity index (χ1v) is 10.4. The maximum Gasteiger partial charge on any atom is 0.308 e. The molecule has 0 unspecified atom stereocenters. The van der Waals surface area contributed by atoms with Crippen LogP contribution in [0.2, 0.25) is 0 Å². The molecule has 0 atom stereocenters. The van der Waals surface area contributed by atoms with E-state index in [2.05, 4.69) is 11.9 Å². The van der Waals surface area contributed by atoms with E-state index in [1.54, 1.807) is 17.6 Å². The van der Waals surface area contributed by atoms with Crippen LogP contribution in [0.4, 0.5) is 0 Å². The Labute approximate surface area is 178 Å². The molecule has 0 aliphatic carbocycles. The summed E-state index contributed by atoms with van der Waals surface area (Å²) < 4.78 is 12.7. The molecule has 0 spiro atoms. The lowest BCUT2D eigenvalue weighted by atomic mass is 10.1. The van der Waals surface area contributed by atoms with Crippen molar-refractivity contribution in [3.8, 4) is 11.5 Å². The third-order valence-corrected chi connectivity index (χ3v) is 6.05. The first-order chi connectivity index (χ1) is 14.5. The van der Waals surface area contributed by atoms with E-state index in [0.717, 1.165) is 28.0 Å². The molecule has 1 amide bonds. The Morgan fingerprint density at radius 1 is 1.13 bits per heavy atom. The molecule has 0 saturated heterocycles. The summed E-state index contributed by atoms with van der Waals surface area (Å²) in [6.07, 6.45) is 1.77. The summed E-state index contributed by atoms with van der Waals surface area (Å²) in [6.45, 7) is 7.36. The summed E-state index contributed by atoms with van der Waals surface area (Å²) in [6, 6.07) is 13.4. The Kier molecular flexibility index (Phi) is 5.72. The molecule has 1 aliphatic rings. The molecule has 0 bridgehead atoms. The van der Waals surface area contributed by atoms with E-state index in [1.807, 2.05) is 42.5 Å². The molecular formula is C23H22N2O4S. The van der Waals surface area contributed by atoms with Crippen molar-refractivity contribution in [1.82, 2.24) is 9.88 Å². The Balaban J connectivity index is 1.46. The summed E-state index contributed by atoms with van der Waals surface area (Å²) in [4.78, 5) is 25.5. The first kappa shape index (κ1) is 20.0. The van der Waals surface area contributed by atoms with Crippen LogP contribution in [-0.4, -0.2) is 23.7 Å². The molecule has 6 nitrogen and oxygen atoms in total. The van der Waals surface area contributed by atoms with E-state index >= 15 is 0 Å². The van der Waals surface area contributed by atoms with Crippen molar-refractivity contribution in [2.24, 2.45) is 0 Å². The molecule has 1 aromatic heterocycles. The minimum Gasteiger partial charge on any atom is -0.486 e. The Bertz CT molecular complexity index is 1150. The van der Waals surface area contributed by atoms with Gasteiger partial charge in [-0.05, 0) is 35.7 Å². The summed E-state index contributed by atoms with van der Waals surface area (Å²) in [5, 5.41) is 2.89. The number of amides is 1. The number of thiazole rings is 1. The van der Waals surface area contributed by atoms with Crippen LogP contribution in [0.15, 0.2) is 53.8 Å². The van der Waals surface area contributed by atoms with Gasteiger partial charge in [-0.3, -0.25) is 14.2 Å². The van der Waals surface area contributed by atoms with Crippen LogP contribution in [0.3, 0.4) is 0 Å². The highest BCUT2D eigenvalue weighted by Crippen LogP contribution is 2.30. The molecule has 2 aromatic carbocycles. The van der Waals surface area contributed by atoms with Crippen LogP contribution in [-0.2, 0) is 13.1 Å². The quantitative estimate of drug-likeness (QED) is 0.659. The van der Waals surface area contributed by atoms with Gasteiger partial charge in [0.25, 0.3) is 5.91 Å². The Morgan fingerprint density at radius 3 is 2.57 bits per heavy atom. The van der Waals surface area contributed by atoms with Crippen LogP contribution in [0, 0.1) is 6.92 Å². The Hall–Kier alpha value is -3.32. The lowest BCUT2D eigenvalue weighted by Crippen LogP contribution is -2.23. The van der Waals surface area contributed by atoms with E-state index in [4.69, 9.17) is 9.47 Å². The highest BCUT2D eigenvalue weighted by molar-refractivity contribution is 7.11. The minimum atomic E-state index is -0.259. The van der Waals surface area contributed by atoms with Crippen molar-refractivity contribution in [3.05, 3.63) is 86.0 Å². The topological polar surface area (TPSA) is 69.6 Å². The second kappa shape index (κ2) is 8.59. The fourth-order valence-corrected chi connectivity index (χ4v) is 4.18. The standard InChI is InChI=1S/C23H22N2O4S/c1-3-16-4-6-17(7-5-16)14-25-15(2)21(30-23(25)27)22(26)24-13-18-8-9-19-20(12-18)29-11-10-28-19/h3-9,12H,1,10-11,13-14H2,2H3,(H,24,26). The zero-order valence-corrected chi connectivity index (χ0v) is 17.5. The predicted molar refractivity (Wildman–Crippen MR) is 118 cm³/mol. The summed E-state index contributed by atoms with van der Waals surface area (Å²) in [5.41, 5.74) is 3.58. The third-order valence-electron chi connectivity index (χ3n) is 4.97. The van der Waals surface area contributed by atoms with Crippen molar-refractivity contribution < 1.29 is 14.3 Å². The van der Waals surface area contributed by atoms with Gasteiger partial charge in [0.05, 0.1) is 6.54 Å². The zero-order valence-electron chi connectivity index (χ0n) is 16.6. The number of hydrogen-bond donors (Lipinski definition) is 1. The van der Waals surface area contributed by atoms with Crippen LogP contribution in [0.1, 0.15) is 32.1 Å². The number of rotatable bonds is 6. The lowest BCUT2D eigenvalue weighted by molar-refractivity contribution is 0.0953. The monoisotopic (exact) mass is 422 g/mol. The van der Waals surface area contributed by atoms with E-state index in [9.17, 15) is 9.59 Å². The van der Waals surface area contributed by atoms with Gasteiger partial charge in [0.1, 0.15) is 18.1 Å². The van der Waals surface area contributed by atoms with Gasteiger partial charge in [0, 0.05) is 12.2 Å². The largest absolute Gasteiger partial charge is 0.486 e. The van der Waals surface area contributed by atoms with Crippen molar-refractivity contribution >= 4 is 23.3 Å². The van der Waals surface area contributed by atoms with Gasteiger partial charge in [-0.25, -0.2) is 0 Å². The number of carbonyl (C=O) groups is 1. The molecule has 1 N–H and O–H groups in total. The van der Waals surface area contributed by atoms with Crippen molar-refractivity contribution in [2.75, 3.05) is 13.2 Å². The second-order valence-electron chi connectivity index (χ2n) is 6.98. The zero-order chi connectivity index (χ0) is 21.1. The average Bonchev–Trinajstić information content (AvgIpc) is 3.06. The number of ether oxygens (including phenoxy) is 2. The molecule has 30 heavy (non-hydrogen) atoms. The van der Waals surface area contributed by atoms with E-state index in [0.29, 0.717) is 48.4 Å². The number of carbonyl (C=O) groups excluding carboxylic acids is 1. The molecule has 0 saturated carbocycles. The molecule has 0 radical (unpaired) electrons. The average molecular weight is 423 g/mol. The van der Waals surface area contributed by atoms with E-state index in [1.165, 1.54) is 0 Å². The van der Waals surface area contributed by atoms with Crippen molar-refractivity contribution in [1.29, 1.82) is 0 Å². The van der Waals surface area contributed by atoms with Gasteiger partial charge in [0.2, 0.25) is 0 Å². The summed E-state index contributed by atoms with van der Waals surface area (Å²) in [7, 11) is 0. The Morgan fingerprint density at radius 2 is 1.83 bits per heavy atom. The number of nitrogens with zero attached hydrogens (tertiary/aromatic N) is 1. The predicted octanol–water partition coefficient (Wildman–Crippen LogP) is 3.61. The lowest BCUT2D eigenvalue weighted by Gasteiger charge is -2.18. The molecule has 1 aliphatic heterocycles. The number of aromatic nitrogens is 1. The van der Waals surface area contributed by atoms with Gasteiger partial charge in [-0.15, -0.1) is 0 Å². The van der Waals surface area contributed by atoms with E-state index in [-0.39, 0.29) is 10.8 Å². The van der Waals surface area contributed by atoms with Gasteiger partial charge in [-0.2, -0.15) is 0 Å². The molecule has 154 valence electrons. The number of benzene rings is 2. The fraction of sp³-hybridized carbons (Fsp3) is 0.217. The summed E-state index contributed by atoms with van der Waals surface area (Å²) in [5.74, 6) is 1.14. The number of nitrogens with one attached hydrogen (secondary N) is 1. The van der Waals surface area contributed by atoms with Crippen LogP contribution in [0.5, 0.6) is 11.5 Å². The smallest absolute Gasteiger partial charge is 0.308 e.